The summed E-state index contributed by atoms with van der Waals surface area (Å²) < 4.78 is 10.5. The van der Waals surface area contributed by atoms with E-state index in [-0.39, 0.29) is 12.3 Å². The van der Waals surface area contributed by atoms with Crippen LogP contribution in [0.3, 0.4) is 0 Å². The molecule has 1 saturated heterocycles. The van der Waals surface area contributed by atoms with Gasteiger partial charge in [0.1, 0.15) is 5.75 Å². The average Bonchev–Trinajstić information content (AvgIpc) is 3.42. The maximum atomic E-state index is 12.3. The molecule has 3 heterocycles. The van der Waals surface area contributed by atoms with Crippen LogP contribution in [-0.4, -0.2) is 46.4 Å². The van der Waals surface area contributed by atoms with Crippen LogP contribution in [0.4, 0.5) is 5.69 Å². The zero-order valence-corrected chi connectivity index (χ0v) is 14.9. The Hall–Kier alpha value is -3.20. The Morgan fingerprint density at radius 3 is 3.11 bits per heavy atom. The number of aromatic nitrogens is 4. The van der Waals surface area contributed by atoms with Crippen molar-refractivity contribution in [2.45, 2.75) is 18.8 Å². The standard InChI is InChI=1S/C18H20N6O3/c1-26-15-5-3-2-4-12(15)20-17(25)9-16-21-18(27-24-16)14-8-13(22-23-14)11-6-7-19-10-11/h2-5,8,11,19H,6-7,9-10H2,1H3,(H,20,25)(H,22,23). The summed E-state index contributed by atoms with van der Waals surface area (Å²) in [5.41, 5.74) is 2.22. The summed E-state index contributed by atoms with van der Waals surface area (Å²) in [6.07, 6.45) is 1.06. The van der Waals surface area contributed by atoms with Gasteiger partial charge in [-0.1, -0.05) is 17.3 Å². The number of ether oxygens (including phenoxy) is 1. The number of rotatable bonds is 6. The van der Waals surface area contributed by atoms with Crippen LogP contribution >= 0.6 is 0 Å². The molecule has 140 valence electrons. The first kappa shape index (κ1) is 17.2. The number of para-hydroxylation sites is 2. The highest BCUT2D eigenvalue weighted by atomic mass is 16.5. The number of nitrogens with one attached hydrogen (secondary N) is 3. The topological polar surface area (TPSA) is 118 Å². The fraction of sp³-hybridized carbons (Fsp3) is 0.333. The summed E-state index contributed by atoms with van der Waals surface area (Å²) in [4.78, 5) is 16.5. The lowest BCUT2D eigenvalue weighted by Crippen LogP contribution is -2.15. The Labute approximate surface area is 155 Å². The maximum absolute atomic E-state index is 12.3. The molecular weight excluding hydrogens is 348 g/mol. The maximum Gasteiger partial charge on any atom is 0.278 e. The third-order valence-electron chi connectivity index (χ3n) is 4.48. The van der Waals surface area contributed by atoms with Crippen LogP contribution in [0.25, 0.3) is 11.6 Å². The van der Waals surface area contributed by atoms with Crippen LogP contribution in [0, 0.1) is 0 Å². The van der Waals surface area contributed by atoms with Gasteiger partial charge < -0.3 is 19.9 Å². The number of benzene rings is 1. The lowest BCUT2D eigenvalue weighted by molar-refractivity contribution is -0.115. The molecule has 0 bridgehead atoms. The van der Waals surface area contributed by atoms with Gasteiger partial charge in [-0.25, -0.2) is 0 Å². The van der Waals surface area contributed by atoms with Crippen molar-refractivity contribution in [3.63, 3.8) is 0 Å². The molecule has 1 fully saturated rings. The first-order chi connectivity index (χ1) is 13.2. The van der Waals surface area contributed by atoms with Crippen molar-refractivity contribution in [2.75, 3.05) is 25.5 Å². The Morgan fingerprint density at radius 2 is 2.30 bits per heavy atom. The van der Waals surface area contributed by atoms with Crippen LogP contribution in [-0.2, 0) is 11.2 Å². The number of methoxy groups -OCH3 is 1. The molecule has 1 aromatic carbocycles. The first-order valence-electron chi connectivity index (χ1n) is 8.75. The van der Waals surface area contributed by atoms with Gasteiger partial charge in [-0.3, -0.25) is 9.89 Å². The molecule has 27 heavy (non-hydrogen) atoms. The summed E-state index contributed by atoms with van der Waals surface area (Å²) in [6, 6.07) is 9.11. The highest BCUT2D eigenvalue weighted by Gasteiger charge is 2.21. The summed E-state index contributed by atoms with van der Waals surface area (Å²) in [6.45, 7) is 1.94. The van der Waals surface area contributed by atoms with Crippen LogP contribution in [0.2, 0.25) is 0 Å². The van der Waals surface area contributed by atoms with Crippen LogP contribution in [0.1, 0.15) is 23.9 Å². The first-order valence-corrected chi connectivity index (χ1v) is 8.75. The molecule has 3 N–H and O–H groups in total. The second kappa shape index (κ2) is 7.58. The van der Waals surface area contributed by atoms with Gasteiger partial charge >= 0.3 is 0 Å². The fourth-order valence-electron chi connectivity index (χ4n) is 3.09. The third-order valence-corrected chi connectivity index (χ3v) is 4.48. The van der Waals surface area contributed by atoms with E-state index in [0.717, 1.165) is 25.2 Å². The summed E-state index contributed by atoms with van der Waals surface area (Å²) in [7, 11) is 1.55. The molecule has 1 amide bonds. The van der Waals surface area contributed by atoms with Crippen LogP contribution in [0.5, 0.6) is 5.75 Å². The second-order valence-electron chi connectivity index (χ2n) is 6.34. The minimum Gasteiger partial charge on any atom is -0.495 e. The van der Waals surface area contributed by atoms with E-state index in [9.17, 15) is 4.79 Å². The number of H-pyrrole nitrogens is 1. The molecule has 1 unspecified atom stereocenters. The molecule has 4 rings (SSSR count). The van der Waals surface area contributed by atoms with Crippen molar-refractivity contribution in [1.82, 2.24) is 25.7 Å². The van der Waals surface area contributed by atoms with Gasteiger partial charge in [-0.05, 0) is 31.2 Å². The highest BCUT2D eigenvalue weighted by molar-refractivity contribution is 5.93. The molecule has 9 heteroatoms. The molecule has 3 aromatic rings. The van der Waals surface area contributed by atoms with E-state index in [1.165, 1.54) is 0 Å². The SMILES string of the molecule is COc1ccccc1NC(=O)Cc1noc(-c2cc(C3CCNC3)[nH]n2)n1. The number of hydrogen-bond acceptors (Lipinski definition) is 7. The molecule has 0 aliphatic carbocycles. The normalized spacial score (nSPS) is 16.4. The van der Waals surface area contributed by atoms with E-state index in [2.05, 4.69) is 31.0 Å². The number of aromatic amines is 1. The fourth-order valence-corrected chi connectivity index (χ4v) is 3.09. The van der Waals surface area contributed by atoms with Gasteiger partial charge in [0.05, 0.1) is 19.2 Å². The Balaban J connectivity index is 1.41. The molecule has 1 aliphatic heterocycles. The van der Waals surface area contributed by atoms with E-state index >= 15 is 0 Å². The van der Waals surface area contributed by atoms with E-state index in [0.29, 0.717) is 34.8 Å². The lowest BCUT2D eigenvalue weighted by Gasteiger charge is -2.08. The molecule has 0 spiro atoms. The quantitative estimate of drug-likeness (QED) is 0.606. The van der Waals surface area contributed by atoms with E-state index in [1.54, 1.807) is 19.2 Å². The van der Waals surface area contributed by atoms with Gasteiger partial charge in [0.15, 0.2) is 11.5 Å². The van der Waals surface area contributed by atoms with Crippen LogP contribution < -0.4 is 15.4 Å². The Bertz CT molecular complexity index is 929. The molecule has 2 aromatic heterocycles. The minimum absolute atomic E-state index is 0.00856. The monoisotopic (exact) mass is 368 g/mol. The summed E-state index contributed by atoms with van der Waals surface area (Å²) >= 11 is 0. The largest absolute Gasteiger partial charge is 0.495 e. The molecule has 1 atom stereocenters. The number of nitrogens with zero attached hydrogens (tertiary/aromatic N) is 3. The zero-order valence-electron chi connectivity index (χ0n) is 14.9. The predicted octanol–water partition coefficient (Wildman–Crippen LogP) is 1.73. The third kappa shape index (κ3) is 3.82. The number of hydrogen-bond donors (Lipinski definition) is 3. The lowest BCUT2D eigenvalue weighted by atomic mass is 10.1. The molecule has 0 saturated carbocycles. The van der Waals surface area contributed by atoms with Gasteiger partial charge in [0, 0.05) is 18.2 Å². The van der Waals surface area contributed by atoms with Crippen molar-refractivity contribution in [3.05, 3.63) is 41.9 Å². The van der Waals surface area contributed by atoms with Gasteiger partial charge in [0.25, 0.3) is 5.89 Å². The van der Waals surface area contributed by atoms with E-state index in [1.807, 2.05) is 18.2 Å². The van der Waals surface area contributed by atoms with Crippen molar-refractivity contribution in [3.8, 4) is 17.3 Å². The zero-order chi connectivity index (χ0) is 18.6. The molecule has 1 aliphatic rings. The summed E-state index contributed by atoms with van der Waals surface area (Å²) in [5.74, 6) is 1.34. The number of anilines is 1. The minimum atomic E-state index is -0.258. The van der Waals surface area contributed by atoms with E-state index in [4.69, 9.17) is 9.26 Å². The number of carbonyl (C=O) groups is 1. The molecule has 9 nitrogen and oxygen atoms in total. The predicted molar refractivity (Wildman–Crippen MR) is 97.4 cm³/mol. The molecule has 0 radical (unpaired) electrons. The van der Waals surface area contributed by atoms with Gasteiger partial charge in [0.2, 0.25) is 5.91 Å². The van der Waals surface area contributed by atoms with Crippen molar-refractivity contribution >= 4 is 11.6 Å². The van der Waals surface area contributed by atoms with Gasteiger partial charge in [-0.2, -0.15) is 10.1 Å². The van der Waals surface area contributed by atoms with Crippen molar-refractivity contribution in [2.24, 2.45) is 0 Å². The Kier molecular flexibility index (Phi) is 4.84. The summed E-state index contributed by atoms with van der Waals surface area (Å²) in [5, 5.41) is 17.3. The van der Waals surface area contributed by atoms with Crippen molar-refractivity contribution < 1.29 is 14.1 Å². The second-order valence-corrected chi connectivity index (χ2v) is 6.34. The smallest absolute Gasteiger partial charge is 0.278 e. The van der Waals surface area contributed by atoms with Gasteiger partial charge in [-0.15, -0.1) is 0 Å². The van der Waals surface area contributed by atoms with Crippen LogP contribution in [0.15, 0.2) is 34.9 Å². The van der Waals surface area contributed by atoms with Crippen molar-refractivity contribution in [1.29, 1.82) is 0 Å². The highest BCUT2D eigenvalue weighted by Crippen LogP contribution is 2.25. The average molecular weight is 368 g/mol. The Morgan fingerprint density at radius 1 is 1.41 bits per heavy atom. The van der Waals surface area contributed by atoms with E-state index < -0.39 is 0 Å². The number of amides is 1. The molecular formula is C18H20N6O3. The number of carbonyl (C=O) groups excluding carboxylic acids is 1.